The van der Waals surface area contributed by atoms with Crippen LogP contribution in [0.1, 0.15) is 303 Å². The number of hydrogen-bond acceptors (Lipinski definition) is 6. The summed E-state index contributed by atoms with van der Waals surface area (Å²) in [5.41, 5.74) is 0. The van der Waals surface area contributed by atoms with Crippen molar-refractivity contribution >= 4 is 19.7 Å². The molecule has 0 aliphatic rings. The highest BCUT2D eigenvalue weighted by Crippen LogP contribution is 2.43. The fraction of sp³-hybridized carbons (Fsp3) is 0.902. The van der Waals surface area contributed by atoms with E-state index in [1.165, 1.54) is 199 Å². The van der Waals surface area contributed by atoms with Crippen molar-refractivity contribution in [3.8, 4) is 0 Å². The van der Waals surface area contributed by atoms with Crippen LogP contribution in [0, 0.1) is 0 Å². The third-order valence-corrected chi connectivity index (χ3v) is 14.9. The Labute approximate surface area is 441 Å². The van der Waals surface area contributed by atoms with Crippen LogP contribution in [0.25, 0.3) is 0 Å². The van der Waals surface area contributed by atoms with Gasteiger partial charge in [-0.3, -0.25) is 18.6 Å². The topological polar surface area (TPSA) is 111 Å². The Morgan fingerprint density at radius 3 is 1.21 bits per heavy atom. The average molecular weight is 1020 g/mol. The van der Waals surface area contributed by atoms with Gasteiger partial charge in [0, 0.05) is 12.8 Å². The third kappa shape index (κ3) is 53.1. The maximum atomic E-state index is 13.5. The molecular weight excluding hydrogens is 904 g/mol. The summed E-state index contributed by atoms with van der Waals surface area (Å²) in [6.07, 6.45) is 60.3. The number of allylic oxidation sites excluding steroid dienone is 3. The number of phosphoric acid groups is 1. The molecule has 0 rings (SSSR count). The zero-order valence-corrected chi connectivity index (χ0v) is 48.9. The van der Waals surface area contributed by atoms with Gasteiger partial charge in [-0.15, -0.1) is 0 Å². The Morgan fingerprint density at radius 2 is 0.817 bits per heavy atom. The largest absolute Gasteiger partial charge is 0.472 e. The predicted octanol–water partition coefficient (Wildman–Crippen LogP) is 18.6. The molecule has 0 radical (unpaired) electrons. The van der Waals surface area contributed by atoms with Crippen molar-refractivity contribution < 1.29 is 37.3 Å². The van der Waals surface area contributed by atoms with Crippen LogP contribution in [-0.4, -0.2) is 74.3 Å². The molecule has 0 saturated heterocycles. The number of likely N-dealkylation sites (N-methyl/N-ethyl adjacent to an activating group) is 1. The number of carbonyl (C=O) groups excluding carboxylic acids is 2. The van der Waals surface area contributed by atoms with E-state index in [1.54, 1.807) is 0 Å². The normalized spacial score (nSPS) is 13.8. The third-order valence-electron chi connectivity index (χ3n) is 13.9. The molecule has 0 bridgehead atoms. The summed E-state index contributed by atoms with van der Waals surface area (Å²) < 4.78 is 30.7. The minimum Gasteiger partial charge on any atom is -0.456 e. The number of esters is 1. The Kier molecular flexibility index (Phi) is 50.8. The van der Waals surface area contributed by atoms with Gasteiger partial charge in [-0.05, 0) is 57.4 Å². The van der Waals surface area contributed by atoms with E-state index in [-0.39, 0.29) is 25.1 Å². The summed E-state index contributed by atoms with van der Waals surface area (Å²) >= 11 is 0. The van der Waals surface area contributed by atoms with Gasteiger partial charge in [-0.1, -0.05) is 257 Å². The maximum absolute atomic E-state index is 13.5. The average Bonchev–Trinajstić information content (AvgIpc) is 3.33. The molecule has 1 amide bonds. The molecule has 0 heterocycles. The molecule has 10 heteroatoms. The SMILES string of the molecule is CCCCCCCC/C=C\CCCCCC(=O)NC(COP(=O)(O)OCC[N+](C)(C)C)C(/C=C\CCCCCCCCCCCCC)OC(=O)CCCCCCCCCCCCCCCCCCCCC. The van der Waals surface area contributed by atoms with Crippen molar-refractivity contribution in [1.29, 1.82) is 0 Å². The Bertz CT molecular complexity index is 1270. The van der Waals surface area contributed by atoms with E-state index in [4.69, 9.17) is 13.8 Å². The fourth-order valence-corrected chi connectivity index (χ4v) is 9.85. The number of phosphoric ester groups is 1. The molecule has 3 unspecified atom stereocenters. The van der Waals surface area contributed by atoms with Crippen molar-refractivity contribution in [3.63, 3.8) is 0 Å². The number of nitrogens with one attached hydrogen (secondary N) is 1. The van der Waals surface area contributed by atoms with Crippen LogP contribution in [-0.2, 0) is 27.9 Å². The minimum atomic E-state index is -4.44. The quantitative estimate of drug-likeness (QED) is 0.0205. The van der Waals surface area contributed by atoms with Gasteiger partial charge in [-0.25, -0.2) is 4.57 Å². The smallest absolute Gasteiger partial charge is 0.456 e. The second kappa shape index (κ2) is 52.0. The predicted molar refractivity (Wildman–Crippen MR) is 305 cm³/mol. The van der Waals surface area contributed by atoms with Gasteiger partial charge in [-0.2, -0.15) is 0 Å². The molecule has 0 saturated carbocycles. The van der Waals surface area contributed by atoms with Gasteiger partial charge in [0.15, 0.2) is 0 Å². The van der Waals surface area contributed by atoms with Crippen molar-refractivity contribution in [2.24, 2.45) is 0 Å². The number of nitrogens with zero attached hydrogens (tertiary/aromatic N) is 1. The lowest BCUT2D eigenvalue weighted by atomic mass is 10.0. The summed E-state index contributed by atoms with van der Waals surface area (Å²) in [7, 11) is 1.50. The molecule has 0 aromatic carbocycles. The molecule has 9 nitrogen and oxygen atoms in total. The number of unbranched alkanes of at least 4 members (excludes halogenated alkanes) is 38. The Hall–Kier alpha value is -1.51. The molecule has 0 aliphatic carbocycles. The zero-order valence-electron chi connectivity index (χ0n) is 48.0. The first kappa shape index (κ1) is 69.5. The van der Waals surface area contributed by atoms with E-state index < -0.39 is 20.0 Å². The lowest BCUT2D eigenvalue weighted by Gasteiger charge is -2.27. The highest BCUT2D eigenvalue weighted by atomic mass is 31.2. The fourth-order valence-electron chi connectivity index (χ4n) is 9.11. The van der Waals surface area contributed by atoms with Crippen LogP contribution in [0.15, 0.2) is 24.3 Å². The molecule has 0 aromatic heterocycles. The Balaban J connectivity index is 5.26. The van der Waals surface area contributed by atoms with Gasteiger partial charge >= 0.3 is 13.8 Å². The van der Waals surface area contributed by atoms with Crippen molar-refractivity contribution in [3.05, 3.63) is 24.3 Å². The van der Waals surface area contributed by atoms with Gasteiger partial charge < -0.3 is 19.4 Å². The molecule has 420 valence electrons. The van der Waals surface area contributed by atoms with Crippen molar-refractivity contribution in [2.45, 2.75) is 315 Å². The van der Waals surface area contributed by atoms with Crippen molar-refractivity contribution in [2.75, 3.05) is 40.9 Å². The van der Waals surface area contributed by atoms with E-state index in [1.807, 2.05) is 33.3 Å². The van der Waals surface area contributed by atoms with E-state index in [2.05, 4.69) is 38.2 Å². The second-order valence-electron chi connectivity index (χ2n) is 22.2. The minimum absolute atomic E-state index is 0.0409. The molecule has 2 N–H and O–H groups in total. The van der Waals surface area contributed by atoms with Crippen LogP contribution in [0.2, 0.25) is 0 Å². The van der Waals surface area contributed by atoms with E-state index in [0.29, 0.717) is 23.9 Å². The number of rotatable bonds is 56. The second-order valence-corrected chi connectivity index (χ2v) is 23.7. The van der Waals surface area contributed by atoms with Crippen LogP contribution in [0.4, 0.5) is 0 Å². The summed E-state index contributed by atoms with van der Waals surface area (Å²) in [4.78, 5) is 37.6. The monoisotopic (exact) mass is 1020 g/mol. The molecule has 0 fully saturated rings. The lowest BCUT2D eigenvalue weighted by molar-refractivity contribution is -0.870. The van der Waals surface area contributed by atoms with E-state index in [0.717, 1.165) is 70.6 Å². The lowest BCUT2D eigenvalue weighted by Crippen LogP contribution is -2.47. The van der Waals surface area contributed by atoms with E-state index >= 15 is 0 Å². The standard InChI is InChI=1S/C61H119N2O7P/c1-7-10-13-16-19-22-25-28-29-30-31-32-33-36-39-42-45-48-51-54-61(65)70-59(52-49-46-43-40-37-34-26-23-20-17-14-11-8-2)58(57-69-71(66,67)68-56-55-63(4,5)6)62-60(64)53-50-47-44-41-38-35-27-24-21-18-15-12-9-3/h35,38,49,52,58-59H,7-34,36-37,39-48,50-51,53-57H2,1-6H3,(H-,62,64,66,67)/p+1/b38-35-,52-49-. The molecular formula is C61H120N2O7P+. The molecule has 71 heavy (non-hydrogen) atoms. The molecule has 0 spiro atoms. The van der Waals surface area contributed by atoms with Gasteiger partial charge in [0.1, 0.15) is 19.3 Å². The summed E-state index contributed by atoms with van der Waals surface area (Å²) in [5, 5.41) is 3.05. The number of ether oxygens (including phenoxy) is 1. The first-order chi connectivity index (χ1) is 34.4. The maximum Gasteiger partial charge on any atom is 0.472 e. The number of quaternary nitrogens is 1. The first-order valence-corrected chi connectivity index (χ1v) is 32.2. The molecule has 0 aliphatic heterocycles. The first-order valence-electron chi connectivity index (χ1n) is 30.7. The highest BCUT2D eigenvalue weighted by molar-refractivity contribution is 7.47. The Morgan fingerprint density at radius 1 is 0.479 bits per heavy atom. The molecule has 3 atom stereocenters. The van der Waals surface area contributed by atoms with Crippen LogP contribution >= 0.6 is 7.82 Å². The van der Waals surface area contributed by atoms with Crippen LogP contribution < -0.4 is 5.32 Å². The highest BCUT2D eigenvalue weighted by Gasteiger charge is 2.30. The summed E-state index contributed by atoms with van der Waals surface area (Å²) in [6.45, 7) is 7.03. The molecule has 0 aromatic rings. The van der Waals surface area contributed by atoms with Crippen LogP contribution in [0.3, 0.4) is 0 Å². The van der Waals surface area contributed by atoms with Crippen LogP contribution in [0.5, 0.6) is 0 Å². The summed E-state index contributed by atoms with van der Waals surface area (Å²) in [5.74, 6) is -0.508. The van der Waals surface area contributed by atoms with Crippen molar-refractivity contribution in [1.82, 2.24) is 5.32 Å². The van der Waals surface area contributed by atoms with Gasteiger partial charge in [0.25, 0.3) is 0 Å². The number of amides is 1. The number of hydrogen-bond donors (Lipinski definition) is 2. The number of carbonyl (C=O) groups is 2. The summed E-state index contributed by atoms with van der Waals surface area (Å²) in [6, 6.07) is -0.850. The van der Waals surface area contributed by atoms with Gasteiger partial charge in [0.05, 0.1) is 33.8 Å². The van der Waals surface area contributed by atoms with E-state index in [9.17, 15) is 19.0 Å². The zero-order chi connectivity index (χ0) is 52.2. The van der Waals surface area contributed by atoms with Gasteiger partial charge in [0.2, 0.25) is 5.91 Å².